The predicted octanol–water partition coefficient (Wildman–Crippen LogP) is 4.07. The highest BCUT2D eigenvalue weighted by atomic mass is 32.1. The van der Waals surface area contributed by atoms with Crippen LogP contribution < -0.4 is 5.63 Å². The van der Waals surface area contributed by atoms with Crippen LogP contribution >= 0.6 is 11.3 Å². The Morgan fingerprint density at radius 2 is 1.70 bits per heavy atom. The second-order valence-electron chi connectivity index (χ2n) is 4.47. The van der Waals surface area contributed by atoms with Crippen molar-refractivity contribution in [3.05, 3.63) is 64.3 Å². The Morgan fingerprint density at radius 1 is 0.950 bits per heavy atom. The van der Waals surface area contributed by atoms with Crippen LogP contribution in [-0.2, 0) is 0 Å². The van der Waals surface area contributed by atoms with Gasteiger partial charge in [0.1, 0.15) is 0 Å². The summed E-state index contributed by atoms with van der Waals surface area (Å²) < 4.78 is 6.54. The van der Waals surface area contributed by atoms with E-state index in [1.165, 1.54) is 0 Å². The molecule has 96 valence electrons. The molecule has 0 N–H and O–H groups in total. The van der Waals surface area contributed by atoms with Gasteiger partial charge >= 0.3 is 5.63 Å². The van der Waals surface area contributed by atoms with Crippen LogP contribution in [0.3, 0.4) is 0 Å². The summed E-state index contributed by atoms with van der Waals surface area (Å²) in [5.74, 6) is 0.381. The molecular formula is C16H9NO2S. The van der Waals surface area contributed by atoms with Crippen LogP contribution in [-0.4, -0.2) is 4.98 Å². The molecule has 0 atom stereocenters. The third-order valence-corrected chi connectivity index (χ3v) is 4.21. The standard InChI is InChI=1S/C16H9NO2S/c18-16-11-6-1-3-7-13(11)17-15(19-16)12-9-20-14-8-4-2-5-10(12)14/h1-9H. The van der Waals surface area contributed by atoms with E-state index in [2.05, 4.69) is 4.98 Å². The molecule has 0 bridgehead atoms. The van der Waals surface area contributed by atoms with Crippen molar-refractivity contribution in [1.29, 1.82) is 0 Å². The lowest BCUT2D eigenvalue weighted by Crippen LogP contribution is -2.02. The maximum atomic E-state index is 12.0. The van der Waals surface area contributed by atoms with Crippen LogP contribution in [0.25, 0.3) is 32.4 Å². The van der Waals surface area contributed by atoms with Crippen LogP contribution in [0.15, 0.2) is 63.1 Å². The molecule has 20 heavy (non-hydrogen) atoms. The molecule has 0 spiro atoms. The Kier molecular flexibility index (Phi) is 2.44. The minimum atomic E-state index is -0.346. The zero-order valence-electron chi connectivity index (χ0n) is 10.4. The summed E-state index contributed by atoms with van der Waals surface area (Å²) in [7, 11) is 0. The Bertz CT molecular complexity index is 984. The molecule has 0 aliphatic rings. The van der Waals surface area contributed by atoms with Gasteiger partial charge in [-0.3, -0.25) is 0 Å². The minimum absolute atomic E-state index is 0.346. The highest BCUT2D eigenvalue weighted by molar-refractivity contribution is 7.17. The van der Waals surface area contributed by atoms with E-state index in [4.69, 9.17) is 4.42 Å². The number of para-hydroxylation sites is 1. The highest BCUT2D eigenvalue weighted by Gasteiger charge is 2.12. The van der Waals surface area contributed by atoms with Crippen molar-refractivity contribution < 1.29 is 4.42 Å². The van der Waals surface area contributed by atoms with Crippen LogP contribution in [0.4, 0.5) is 0 Å². The average molecular weight is 279 g/mol. The third-order valence-electron chi connectivity index (χ3n) is 3.25. The van der Waals surface area contributed by atoms with Crippen molar-refractivity contribution in [1.82, 2.24) is 4.98 Å². The van der Waals surface area contributed by atoms with Crippen molar-refractivity contribution >= 4 is 32.3 Å². The maximum absolute atomic E-state index is 12.0. The van der Waals surface area contributed by atoms with E-state index in [1.54, 1.807) is 23.5 Å². The third kappa shape index (κ3) is 1.66. The zero-order chi connectivity index (χ0) is 13.5. The fourth-order valence-electron chi connectivity index (χ4n) is 2.28. The normalized spacial score (nSPS) is 11.2. The van der Waals surface area contributed by atoms with E-state index in [1.807, 2.05) is 41.8 Å². The zero-order valence-corrected chi connectivity index (χ0v) is 11.2. The lowest BCUT2D eigenvalue weighted by atomic mass is 10.1. The van der Waals surface area contributed by atoms with Crippen molar-refractivity contribution in [2.24, 2.45) is 0 Å². The molecule has 2 heterocycles. The molecule has 4 heteroatoms. The van der Waals surface area contributed by atoms with Crippen molar-refractivity contribution in [3.8, 4) is 11.5 Å². The topological polar surface area (TPSA) is 43.1 Å². The molecule has 0 fully saturated rings. The number of hydrogen-bond acceptors (Lipinski definition) is 4. The number of nitrogens with zero attached hydrogens (tertiary/aromatic N) is 1. The summed E-state index contributed by atoms with van der Waals surface area (Å²) in [5.41, 5.74) is 1.18. The van der Waals surface area contributed by atoms with Gasteiger partial charge in [0, 0.05) is 15.5 Å². The molecule has 4 aromatic rings. The smallest absolute Gasteiger partial charge is 0.347 e. The fraction of sp³-hybridized carbons (Fsp3) is 0. The Balaban J connectivity index is 2.05. The van der Waals surface area contributed by atoms with Gasteiger partial charge in [-0.25, -0.2) is 9.78 Å². The molecule has 0 saturated heterocycles. The van der Waals surface area contributed by atoms with Gasteiger partial charge in [0.05, 0.1) is 16.5 Å². The highest BCUT2D eigenvalue weighted by Crippen LogP contribution is 2.32. The fourth-order valence-corrected chi connectivity index (χ4v) is 3.21. The SMILES string of the molecule is O=c1oc(-c2csc3ccccc23)nc2ccccc12. The first-order valence-electron chi connectivity index (χ1n) is 6.19. The molecule has 0 amide bonds. The first-order valence-corrected chi connectivity index (χ1v) is 7.07. The number of benzene rings is 2. The van der Waals surface area contributed by atoms with Gasteiger partial charge in [0.15, 0.2) is 0 Å². The van der Waals surface area contributed by atoms with Crippen molar-refractivity contribution in [2.75, 3.05) is 0 Å². The molecule has 0 radical (unpaired) electrons. The number of hydrogen-bond donors (Lipinski definition) is 0. The molecule has 2 aromatic carbocycles. The van der Waals surface area contributed by atoms with Gasteiger partial charge in [0.2, 0.25) is 5.89 Å². The van der Waals surface area contributed by atoms with E-state index in [0.29, 0.717) is 16.8 Å². The first-order chi connectivity index (χ1) is 9.83. The second kappa shape index (κ2) is 4.28. The van der Waals surface area contributed by atoms with Gasteiger partial charge in [-0.1, -0.05) is 30.3 Å². The summed E-state index contributed by atoms with van der Waals surface area (Å²) in [6.07, 6.45) is 0. The quantitative estimate of drug-likeness (QED) is 0.527. The van der Waals surface area contributed by atoms with Crippen LogP contribution in [0.2, 0.25) is 0 Å². The maximum Gasteiger partial charge on any atom is 0.347 e. The van der Waals surface area contributed by atoms with Crippen LogP contribution in [0, 0.1) is 0 Å². The van der Waals surface area contributed by atoms with Gasteiger partial charge in [-0.05, 0) is 18.2 Å². The molecule has 0 aliphatic carbocycles. The minimum Gasteiger partial charge on any atom is -0.403 e. The number of rotatable bonds is 1. The summed E-state index contributed by atoms with van der Waals surface area (Å²) in [5, 5.41) is 3.55. The van der Waals surface area contributed by atoms with E-state index in [9.17, 15) is 4.79 Å². The largest absolute Gasteiger partial charge is 0.403 e. The summed E-state index contributed by atoms with van der Waals surface area (Å²) in [4.78, 5) is 16.5. The van der Waals surface area contributed by atoms with E-state index < -0.39 is 0 Å². The van der Waals surface area contributed by atoms with E-state index in [0.717, 1.165) is 15.6 Å². The molecular weight excluding hydrogens is 270 g/mol. The summed E-state index contributed by atoms with van der Waals surface area (Å²) in [6.45, 7) is 0. The average Bonchev–Trinajstić information content (AvgIpc) is 2.91. The van der Waals surface area contributed by atoms with Gasteiger partial charge in [-0.2, -0.15) is 0 Å². The molecule has 2 aromatic heterocycles. The Labute approximate surface area is 118 Å². The van der Waals surface area contributed by atoms with Gasteiger partial charge in [-0.15, -0.1) is 11.3 Å². The lowest BCUT2D eigenvalue weighted by molar-refractivity contribution is 0.519. The molecule has 0 unspecified atom stereocenters. The lowest BCUT2D eigenvalue weighted by Gasteiger charge is -2.00. The van der Waals surface area contributed by atoms with E-state index in [-0.39, 0.29) is 5.63 Å². The Morgan fingerprint density at radius 3 is 2.60 bits per heavy atom. The number of thiophene rings is 1. The second-order valence-corrected chi connectivity index (χ2v) is 5.38. The van der Waals surface area contributed by atoms with Crippen LogP contribution in [0.5, 0.6) is 0 Å². The summed E-state index contributed by atoms with van der Waals surface area (Å²) >= 11 is 1.62. The molecule has 0 aliphatic heterocycles. The van der Waals surface area contributed by atoms with Crippen LogP contribution in [0.1, 0.15) is 0 Å². The number of aromatic nitrogens is 1. The Hall–Kier alpha value is -2.46. The van der Waals surface area contributed by atoms with Gasteiger partial charge in [0.25, 0.3) is 0 Å². The number of fused-ring (bicyclic) bond motifs is 2. The van der Waals surface area contributed by atoms with Crippen molar-refractivity contribution in [3.63, 3.8) is 0 Å². The molecule has 3 nitrogen and oxygen atoms in total. The monoisotopic (exact) mass is 279 g/mol. The predicted molar refractivity (Wildman–Crippen MR) is 81.1 cm³/mol. The van der Waals surface area contributed by atoms with Gasteiger partial charge < -0.3 is 4.42 Å². The van der Waals surface area contributed by atoms with E-state index >= 15 is 0 Å². The summed E-state index contributed by atoms with van der Waals surface area (Å²) in [6, 6.07) is 15.2. The first kappa shape index (κ1) is 11.4. The van der Waals surface area contributed by atoms with Crippen molar-refractivity contribution in [2.45, 2.75) is 0 Å². The molecule has 0 saturated carbocycles. The molecule has 4 rings (SSSR count).